The third-order valence-corrected chi connectivity index (χ3v) is 3.78. The molecule has 69 valence electrons. The van der Waals surface area contributed by atoms with Crippen LogP contribution in [0.25, 0.3) is 0 Å². The first-order valence-corrected chi connectivity index (χ1v) is 6.55. The Balaban J connectivity index is 2.10. The molecule has 1 radical (unpaired) electrons. The Hall–Kier alpha value is -0.410. The van der Waals surface area contributed by atoms with Crippen molar-refractivity contribution in [3.05, 3.63) is 35.9 Å². The molecule has 0 heterocycles. The summed E-state index contributed by atoms with van der Waals surface area (Å²) in [6.45, 7) is 0. The molecule has 0 aliphatic rings. The molecular formula is C10H11OS2. The van der Waals surface area contributed by atoms with Crippen molar-refractivity contribution in [1.29, 1.82) is 0 Å². The first kappa shape index (κ1) is 10.7. The lowest BCUT2D eigenvalue weighted by Gasteiger charge is -1.98. The maximum atomic E-state index is 9.89. The van der Waals surface area contributed by atoms with Gasteiger partial charge in [-0.25, -0.2) is 0 Å². The van der Waals surface area contributed by atoms with E-state index in [1.54, 1.807) is 21.6 Å². The summed E-state index contributed by atoms with van der Waals surface area (Å²) in [6.07, 6.45) is 2.42. The molecule has 0 spiro atoms. The summed E-state index contributed by atoms with van der Waals surface area (Å²) in [7, 11) is 3.51. The second-order valence-corrected chi connectivity index (χ2v) is 5.05. The number of carbonyl (C=O) groups excluding carboxylic acids is 1. The molecule has 13 heavy (non-hydrogen) atoms. The molecule has 0 bridgehead atoms. The topological polar surface area (TPSA) is 17.1 Å². The molecule has 0 aliphatic carbocycles. The first-order valence-electron chi connectivity index (χ1n) is 4.07. The van der Waals surface area contributed by atoms with Gasteiger partial charge in [0.05, 0.1) is 0 Å². The molecule has 0 saturated carbocycles. The molecule has 0 atom stereocenters. The monoisotopic (exact) mass is 211 g/mol. The first-order chi connectivity index (χ1) is 6.43. The number of hydrogen-bond donors (Lipinski definition) is 0. The van der Waals surface area contributed by atoms with E-state index in [1.165, 1.54) is 5.56 Å². The van der Waals surface area contributed by atoms with Gasteiger partial charge in [0.1, 0.15) is 0 Å². The van der Waals surface area contributed by atoms with E-state index in [4.69, 9.17) is 0 Å². The Labute approximate surface area is 86.7 Å². The van der Waals surface area contributed by atoms with E-state index in [0.717, 1.165) is 11.5 Å². The zero-order valence-corrected chi connectivity index (χ0v) is 8.87. The zero-order chi connectivity index (χ0) is 9.36. The van der Waals surface area contributed by atoms with Crippen LogP contribution in [0.5, 0.6) is 0 Å². The molecule has 0 unspecified atom stereocenters. The van der Waals surface area contributed by atoms with Gasteiger partial charge in [0, 0.05) is 17.9 Å². The highest BCUT2D eigenvalue weighted by Crippen LogP contribution is 2.25. The summed E-state index contributed by atoms with van der Waals surface area (Å²) >= 11 is 0. The molecule has 1 rings (SSSR count). The van der Waals surface area contributed by atoms with Crippen LogP contribution in [-0.2, 0) is 10.5 Å². The van der Waals surface area contributed by atoms with E-state index in [2.05, 4.69) is 12.1 Å². The van der Waals surface area contributed by atoms with Crippen LogP contribution in [0.3, 0.4) is 0 Å². The largest absolute Gasteiger partial charge is 0.291 e. The molecule has 1 aromatic rings. The molecule has 0 N–H and O–H groups in total. The molecule has 0 aromatic heterocycles. The smallest absolute Gasteiger partial charge is 0.199 e. The molecule has 1 nitrogen and oxygen atoms in total. The minimum absolute atomic E-state index is 0.534. The van der Waals surface area contributed by atoms with Gasteiger partial charge >= 0.3 is 0 Å². The van der Waals surface area contributed by atoms with Crippen molar-refractivity contribution in [1.82, 2.24) is 0 Å². The standard InChI is InChI=1S/C10H11OS2/c11-7-4-8-12-13-9-10-5-2-1-3-6-10/h1-3,5-6H,4,8-9H2. The minimum Gasteiger partial charge on any atom is -0.291 e. The molecule has 0 fully saturated rings. The maximum absolute atomic E-state index is 9.89. The molecule has 0 amide bonds. The van der Waals surface area contributed by atoms with Gasteiger partial charge in [0.2, 0.25) is 0 Å². The van der Waals surface area contributed by atoms with E-state index in [9.17, 15) is 4.79 Å². The van der Waals surface area contributed by atoms with Crippen molar-refractivity contribution >= 4 is 27.9 Å². The second kappa shape index (κ2) is 7.04. The fourth-order valence-corrected chi connectivity index (χ4v) is 2.78. The summed E-state index contributed by atoms with van der Waals surface area (Å²) in [5, 5.41) is 0. The quantitative estimate of drug-likeness (QED) is 0.532. The average molecular weight is 211 g/mol. The zero-order valence-electron chi connectivity index (χ0n) is 7.23. The molecule has 0 aliphatic heterocycles. The van der Waals surface area contributed by atoms with E-state index in [1.807, 2.05) is 24.5 Å². The molecular weight excluding hydrogens is 200 g/mol. The third-order valence-electron chi connectivity index (χ3n) is 1.44. The Morgan fingerprint density at radius 3 is 2.62 bits per heavy atom. The van der Waals surface area contributed by atoms with Crippen molar-refractivity contribution < 1.29 is 4.79 Å². The van der Waals surface area contributed by atoms with Crippen LogP contribution in [0, 0.1) is 0 Å². The predicted octanol–water partition coefficient (Wildman–Crippen LogP) is 3.07. The van der Waals surface area contributed by atoms with Gasteiger partial charge in [-0.1, -0.05) is 51.9 Å². The number of hydrogen-bond acceptors (Lipinski definition) is 3. The molecule has 1 aromatic carbocycles. The highest BCUT2D eigenvalue weighted by molar-refractivity contribution is 8.76. The summed E-state index contributed by atoms with van der Waals surface area (Å²) in [5.74, 6) is 1.87. The van der Waals surface area contributed by atoms with Gasteiger partial charge in [-0.3, -0.25) is 4.79 Å². The Kier molecular flexibility index (Phi) is 5.78. The Morgan fingerprint density at radius 1 is 1.15 bits per heavy atom. The van der Waals surface area contributed by atoms with Crippen molar-refractivity contribution in [3.63, 3.8) is 0 Å². The van der Waals surface area contributed by atoms with Gasteiger partial charge < -0.3 is 0 Å². The van der Waals surface area contributed by atoms with Gasteiger partial charge in [-0.05, 0) is 5.56 Å². The van der Waals surface area contributed by atoms with E-state index in [0.29, 0.717) is 6.42 Å². The summed E-state index contributed by atoms with van der Waals surface area (Å²) in [4.78, 5) is 9.89. The lowest BCUT2D eigenvalue weighted by molar-refractivity contribution is 0.554. The highest BCUT2D eigenvalue weighted by atomic mass is 33.1. The SMILES string of the molecule is O=[C]CCSSCc1ccccc1. The van der Waals surface area contributed by atoms with Crippen LogP contribution in [-0.4, -0.2) is 12.0 Å². The van der Waals surface area contributed by atoms with Crippen molar-refractivity contribution in [2.75, 3.05) is 5.75 Å². The normalized spacial score (nSPS) is 9.85. The van der Waals surface area contributed by atoms with Crippen LogP contribution in [0.4, 0.5) is 0 Å². The maximum Gasteiger partial charge on any atom is 0.199 e. The Bertz CT molecular complexity index is 236. The van der Waals surface area contributed by atoms with Gasteiger partial charge in [-0.15, -0.1) is 0 Å². The second-order valence-electron chi connectivity index (χ2n) is 2.46. The van der Waals surface area contributed by atoms with Crippen molar-refractivity contribution in [3.8, 4) is 0 Å². The van der Waals surface area contributed by atoms with Crippen LogP contribution in [0.2, 0.25) is 0 Å². The lowest BCUT2D eigenvalue weighted by atomic mass is 10.2. The van der Waals surface area contributed by atoms with Crippen LogP contribution in [0.1, 0.15) is 12.0 Å². The van der Waals surface area contributed by atoms with E-state index in [-0.39, 0.29) is 0 Å². The third kappa shape index (κ3) is 5.01. The van der Waals surface area contributed by atoms with Gasteiger partial charge in [0.25, 0.3) is 0 Å². The number of rotatable bonds is 6. The summed E-state index contributed by atoms with van der Waals surface area (Å²) in [5.41, 5.74) is 1.33. The Morgan fingerprint density at radius 2 is 1.92 bits per heavy atom. The average Bonchev–Trinajstić information content (AvgIpc) is 2.19. The summed E-state index contributed by atoms with van der Waals surface area (Å²) in [6, 6.07) is 10.3. The van der Waals surface area contributed by atoms with Crippen LogP contribution < -0.4 is 0 Å². The van der Waals surface area contributed by atoms with E-state index < -0.39 is 0 Å². The number of benzene rings is 1. The highest BCUT2D eigenvalue weighted by Gasteiger charge is 1.92. The van der Waals surface area contributed by atoms with Gasteiger partial charge in [0.15, 0.2) is 6.29 Å². The van der Waals surface area contributed by atoms with Crippen molar-refractivity contribution in [2.24, 2.45) is 0 Å². The summed E-state index contributed by atoms with van der Waals surface area (Å²) < 4.78 is 0. The molecule has 0 saturated heterocycles. The van der Waals surface area contributed by atoms with Crippen molar-refractivity contribution in [2.45, 2.75) is 12.2 Å². The van der Waals surface area contributed by atoms with E-state index >= 15 is 0 Å². The fourth-order valence-electron chi connectivity index (χ4n) is 0.826. The lowest BCUT2D eigenvalue weighted by Crippen LogP contribution is -1.79. The predicted molar refractivity (Wildman–Crippen MR) is 60.5 cm³/mol. The van der Waals surface area contributed by atoms with Gasteiger partial charge in [-0.2, -0.15) is 0 Å². The van der Waals surface area contributed by atoms with Crippen LogP contribution >= 0.6 is 21.6 Å². The van der Waals surface area contributed by atoms with Crippen LogP contribution in [0.15, 0.2) is 30.3 Å². The minimum atomic E-state index is 0.534. The molecule has 3 heteroatoms. The fraction of sp³-hybridized carbons (Fsp3) is 0.300.